The van der Waals surface area contributed by atoms with Crippen molar-refractivity contribution in [2.75, 3.05) is 26.0 Å². The lowest BCUT2D eigenvalue weighted by molar-refractivity contribution is 0.387. The van der Waals surface area contributed by atoms with Gasteiger partial charge < -0.3 is 4.74 Å². The molecule has 0 amide bonds. The standard InChI is InChI=1S/C18H28ClN3OS/c1-4-6-8-21-18(22-9-7-5-2)12-20-15-10-14(19)16(23-3)11-17(15)24-13-18/h10-12,21-22H,4-9,13H2,1-3H3. The first kappa shape index (κ1) is 19.6. The summed E-state index contributed by atoms with van der Waals surface area (Å²) in [5.41, 5.74) is 0.621. The van der Waals surface area contributed by atoms with Crippen LogP contribution in [0.15, 0.2) is 22.0 Å². The maximum atomic E-state index is 6.25. The van der Waals surface area contributed by atoms with E-state index >= 15 is 0 Å². The van der Waals surface area contributed by atoms with E-state index in [1.165, 1.54) is 12.8 Å². The van der Waals surface area contributed by atoms with Crippen molar-refractivity contribution in [1.29, 1.82) is 0 Å². The summed E-state index contributed by atoms with van der Waals surface area (Å²) in [4.78, 5) is 5.82. The highest BCUT2D eigenvalue weighted by Crippen LogP contribution is 2.40. The first-order valence-corrected chi connectivity index (χ1v) is 10.1. The van der Waals surface area contributed by atoms with E-state index in [0.29, 0.717) is 10.8 Å². The van der Waals surface area contributed by atoms with Crippen LogP contribution in [0.3, 0.4) is 0 Å². The molecule has 4 nitrogen and oxygen atoms in total. The summed E-state index contributed by atoms with van der Waals surface area (Å²) in [6, 6.07) is 3.86. The molecule has 0 unspecified atom stereocenters. The molecule has 0 spiro atoms. The summed E-state index contributed by atoms with van der Waals surface area (Å²) in [6.45, 7) is 6.36. The molecule has 24 heavy (non-hydrogen) atoms. The Balaban J connectivity index is 2.19. The molecular weight excluding hydrogens is 342 g/mol. The average Bonchev–Trinajstić information content (AvgIpc) is 2.75. The molecule has 1 aromatic rings. The van der Waals surface area contributed by atoms with E-state index in [1.807, 2.05) is 18.3 Å². The topological polar surface area (TPSA) is 45.7 Å². The van der Waals surface area contributed by atoms with Crippen molar-refractivity contribution in [2.45, 2.75) is 50.1 Å². The van der Waals surface area contributed by atoms with Gasteiger partial charge in [0.15, 0.2) is 0 Å². The van der Waals surface area contributed by atoms with Gasteiger partial charge in [-0.1, -0.05) is 38.3 Å². The van der Waals surface area contributed by atoms with Gasteiger partial charge in [-0.15, -0.1) is 11.8 Å². The van der Waals surface area contributed by atoms with Gasteiger partial charge in [0.2, 0.25) is 0 Å². The maximum Gasteiger partial charge on any atom is 0.138 e. The molecule has 134 valence electrons. The van der Waals surface area contributed by atoms with Crippen molar-refractivity contribution >= 4 is 35.3 Å². The van der Waals surface area contributed by atoms with Crippen LogP contribution >= 0.6 is 23.4 Å². The number of unbranched alkanes of at least 4 members (excludes halogenated alkanes) is 2. The highest BCUT2D eigenvalue weighted by molar-refractivity contribution is 7.99. The van der Waals surface area contributed by atoms with E-state index in [9.17, 15) is 0 Å². The summed E-state index contributed by atoms with van der Waals surface area (Å²) < 4.78 is 5.33. The third-order valence-corrected chi connectivity index (χ3v) is 5.59. The van der Waals surface area contributed by atoms with E-state index in [0.717, 1.165) is 42.3 Å². The quantitative estimate of drug-likeness (QED) is 0.492. The number of benzene rings is 1. The van der Waals surface area contributed by atoms with Gasteiger partial charge in [0, 0.05) is 16.9 Å². The highest BCUT2D eigenvalue weighted by atomic mass is 35.5. The number of fused-ring (bicyclic) bond motifs is 1. The first-order valence-electron chi connectivity index (χ1n) is 8.69. The summed E-state index contributed by atoms with van der Waals surface area (Å²) >= 11 is 8.03. The van der Waals surface area contributed by atoms with Gasteiger partial charge in [0.05, 0.1) is 17.8 Å². The lowest BCUT2D eigenvalue weighted by Gasteiger charge is -2.31. The molecule has 0 aromatic heterocycles. The van der Waals surface area contributed by atoms with Crippen molar-refractivity contribution in [3.63, 3.8) is 0 Å². The molecule has 1 heterocycles. The van der Waals surface area contributed by atoms with Gasteiger partial charge in [-0.25, -0.2) is 0 Å². The van der Waals surface area contributed by atoms with E-state index in [4.69, 9.17) is 21.3 Å². The Morgan fingerprint density at radius 1 is 1.21 bits per heavy atom. The fourth-order valence-electron chi connectivity index (χ4n) is 2.54. The van der Waals surface area contributed by atoms with E-state index in [1.54, 1.807) is 18.9 Å². The largest absolute Gasteiger partial charge is 0.495 e. The molecule has 1 aliphatic heterocycles. The Morgan fingerprint density at radius 3 is 2.46 bits per heavy atom. The highest BCUT2D eigenvalue weighted by Gasteiger charge is 2.29. The van der Waals surface area contributed by atoms with Crippen LogP contribution in [-0.2, 0) is 0 Å². The minimum absolute atomic E-state index is 0.284. The fourth-order valence-corrected chi connectivity index (χ4v) is 3.88. The second kappa shape index (κ2) is 9.66. The fraction of sp³-hybridized carbons (Fsp3) is 0.611. The zero-order chi connectivity index (χ0) is 17.4. The van der Waals surface area contributed by atoms with Gasteiger partial charge in [-0.2, -0.15) is 0 Å². The summed E-state index contributed by atoms with van der Waals surface area (Å²) in [5, 5.41) is 7.93. The van der Waals surface area contributed by atoms with E-state index in [-0.39, 0.29) is 5.66 Å². The van der Waals surface area contributed by atoms with Crippen LogP contribution in [0.2, 0.25) is 5.02 Å². The van der Waals surface area contributed by atoms with Crippen LogP contribution in [0.1, 0.15) is 39.5 Å². The molecule has 1 aliphatic rings. The second-order valence-electron chi connectivity index (χ2n) is 6.03. The monoisotopic (exact) mass is 369 g/mol. The molecule has 6 heteroatoms. The molecule has 0 saturated heterocycles. The zero-order valence-corrected chi connectivity index (χ0v) is 16.4. The van der Waals surface area contributed by atoms with Crippen LogP contribution < -0.4 is 15.4 Å². The van der Waals surface area contributed by atoms with Crippen LogP contribution in [0.5, 0.6) is 5.75 Å². The Kier molecular flexibility index (Phi) is 7.88. The Morgan fingerprint density at radius 2 is 1.88 bits per heavy atom. The number of rotatable bonds is 9. The minimum atomic E-state index is -0.284. The van der Waals surface area contributed by atoms with Gasteiger partial charge in [0.1, 0.15) is 11.4 Å². The maximum absolute atomic E-state index is 6.25. The number of halogens is 1. The first-order chi connectivity index (χ1) is 11.6. The van der Waals surface area contributed by atoms with Crippen LogP contribution in [0, 0.1) is 0 Å². The van der Waals surface area contributed by atoms with Gasteiger partial charge in [-0.3, -0.25) is 15.6 Å². The van der Waals surface area contributed by atoms with Crippen molar-refractivity contribution < 1.29 is 4.74 Å². The molecule has 2 N–H and O–H groups in total. The lowest BCUT2D eigenvalue weighted by Crippen LogP contribution is -2.60. The Labute approximate surface area is 154 Å². The molecule has 0 bridgehead atoms. The summed E-state index contributed by atoms with van der Waals surface area (Å²) in [7, 11) is 1.64. The normalized spacial score (nSPS) is 15.8. The molecule has 0 atom stereocenters. The Hall–Kier alpha value is -0.750. The number of nitrogens with zero attached hydrogens (tertiary/aromatic N) is 1. The van der Waals surface area contributed by atoms with Gasteiger partial charge in [-0.05, 0) is 38.1 Å². The number of ether oxygens (including phenoxy) is 1. The number of nitrogens with one attached hydrogen (secondary N) is 2. The molecule has 0 fully saturated rings. The Bertz CT molecular complexity index is 555. The average molecular weight is 370 g/mol. The van der Waals surface area contributed by atoms with Gasteiger partial charge in [0.25, 0.3) is 0 Å². The molecular formula is C18H28ClN3OS. The zero-order valence-electron chi connectivity index (χ0n) is 14.8. The van der Waals surface area contributed by atoms with E-state index in [2.05, 4.69) is 24.5 Å². The van der Waals surface area contributed by atoms with E-state index < -0.39 is 0 Å². The number of aliphatic imine (C=N–C) groups is 1. The third-order valence-electron chi connectivity index (χ3n) is 4.05. The van der Waals surface area contributed by atoms with Crippen molar-refractivity contribution in [3.8, 4) is 5.75 Å². The van der Waals surface area contributed by atoms with Crippen LogP contribution in [-0.4, -0.2) is 37.8 Å². The molecule has 0 aliphatic carbocycles. The number of methoxy groups -OCH3 is 1. The number of hydrogen-bond donors (Lipinski definition) is 2. The lowest BCUT2D eigenvalue weighted by atomic mass is 10.2. The van der Waals surface area contributed by atoms with Crippen LogP contribution in [0.4, 0.5) is 5.69 Å². The van der Waals surface area contributed by atoms with Crippen molar-refractivity contribution in [3.05, 3.63) is 17.2 Å². The SMILES string of the molecule is CCCCNC1(NCCCC)C=Nc2cc(Cl)c(OC)cc2SC1. The molecule has 0 saturated carbocycles. The second-order valence-corrected chi connectivity index (χ2v) is 7.46. The smallest absolute Gasteiger partial charge is 0.138 e. The molecule has 2 rings (SSSR count). The van der Waals surface area contributed by atoms with Crippen molar-refractivity contribution in [1.82, 2.24) is 10.6 Å². The van der Waals surface area contributed by atoms with Gasteiger partial charge >= 0.3 is 0 Å². The summed E-state index contributed by atoms with van der Waals surface area (Å²) in [6.07, 6.45) is 6.68. The number of hydrogen-bond acceptors (Lipinski definition) is 5. The predicted molar refractivity (Wildman–Crippen MR) is 105 cm³/mol. The van der Waals surface area contributed by atoms with Crippen LogP contribution in [0.25, 0.3) is 0 Å². The molecule has 0 radical (unpaired) electrons. The molecule has 1 aromatic carbocycles. The number of thioether (sulfide) groups is 1. The third kappa shape index (κ3) is 5.12. The van der Waals surface area contributed by atoms with Crippen molar-refractivity contribution in [2.24, 2.45) is 4.99 Å². The summed E-state index contributed by atoms with van der Waals surface area (Å²) in [5.74, 6) is 1.57. The minimum Gasteiger partial charge on any atom is -0.495 e. The predicted octanol–water partition coefficient (Wildman–Crippen LogP) is 4.63.